The molecule has 0 N–H and O–H groups in total. The van der Waals surface area contributed by atoms with Gasteiger partial charge in [-0.1, -0.05) is 13.8 Å². The Hall–Kier alpha value is 0.700. The molecule has 0 saturated carbocycles. The van der Waals surface area contributed by atoms with Crippen LogP contribution in [0.4, 0.5) is 0 Å². The fraction of sp³-hybridized carbons (Fsp3) is 1.00. The summed E-state index contributed by atoms with van der Waals surface area (Å²) in [5.74, 6) is 0. The predicted molar refractivity (Wildman–Crippen MR) is 43.6 cm³/mol. The van der Waals surface area contributed by atoms with Gasteiger partial charge in [-0.15, -0.1) is 23.5 Å². The van der Waals surface area contributed by atoms with Gasteiger partial charge >= 0.3 is 0 Å². The Morgan fingerprint density at radius 1 is 1.12 bits per heavy atom. The van der Waals surface area contributed by atoms with Crippen molar-refractivity contribution in [2.75, 3.05) is 5.08 Å². The molecular weight excluding hydrogens is 136 g/mol. The minimum Gasteiger partial charge on any atom is -0.148 e. The van der Waals surface area contributed by atoms with E-state index in [0.717, 1.165) is 10.5 Å². The topological polar surface area (TPSA) is 0 Å². The van der Waals surface area contributed by atoms with Gasteiger partial charge in [0.05, 0.1) is 0 Å². The van der Waals surface area contributed by atoms with Gasteiger partial charge in [-0.05, 0) is 6.42 Å². The smallest absolute Gasteiger partial charge is 0.0397 e. The molecule has 1 saturated heterocycles. The van der Waals surface area contributed by atoms with Crippen LogP contribution in [0.25, 0.3) is 0 Å². The van der Waals surface area contributed by atoms with Gasteiger partial charge in [0.2, 0.25) is 0 Å². The molecule has 0 aromatic heterocycles. The van der Waals surface area contributed by atoms with E-state index in [1.165, 1.54) is 11.5 Å². The highest BCUT2D eigenvalue weighted by atomic mass is 32.2. The lowest BCUT2D eigenvalue weighted by molar-refractivity contribution is 0.799. The Morgan fingerprint density at radius 3 is 1.88 bits per heavy atom. The molecule has 1 heterocycles. The molecule has 0 spiro atoms. The van der Waals surface area contributed by atoms with Gasteiger partial charge in [0, 0.05) is 15.6 Å². The zero-order valence-electron chi connectivity index (χ0n) is 5.39. The summed E-state index contributed by atoms with van der Waals surface area (Å²) in [6, 6.07) is 0. The van der Waals surface area contributed by atoms with Crippen LogP contribution in [0.1, 0.15) is 20.3 Å². The van der Waals surface area contributed by atoms with E-state index < -0.39 is 0 Å². The molecule has 2 heteroatoms. The van der Waals surface area contributed by atoms with Gasteiger partial charge in [-0.3, -0.25) is 0 Å². The third-order valence-electron chi connectivity index (χ3n) is 1.37. The highest BCUT2D eigenvalue weighted by molar-refractivity contribution is 8.17. The summed E-state index contributed by atoms with van der Waals surface area (Å²) in [6.45, 7) is 4.64. The van der Waals surface area contributed by atoms with E-state index >= 15 is 0 Å². The van der Waals surface area contributed by atoms with Crippen LogP contribution in [0.3, 0.4) is 0 Å². The first-order chi connectivity index (χ1) is 3.79. The van der Waals surface area contributed by atoms with E-state index in [9.17, 15) is 0 Å². The number of hydrogen-bond acceptors (Lipinski definition) is 2. The lowest BCUT2D eigenvalue weighted by Crippen LogP contribution is -2.11. The third-order valence-corrected chi connectivity index (χ3v) is 3.98. The summed E-state index contributed by atoms with van der Waals surface area (Å²) in [6.07, 6.45) is 1.40. The maximum atomic E-state index is 2.32. The van der Waals surface area contributed by atoms with Crippen molar-refractivity contribution in [2.24, 2.45) is 0 Å². The van der Waals surface area contributed by atoms with Crippen molar-refractivity contribution in [3.8, 4) is 0 Å². The Bertz CT molecular complexity index is 64.9. The second-order valence-corrected chi connectivity index (χ2v) is 5.53. The SMILES string of the molecule is C[C@@H]1C[C@H](C)SCS1. The molecule has 0 aromatic carbocycles. The van der Waals surface area contributed by atoms with Crippen molar-refractivity contribution < 1.29 is 0 Å². The molecule has 2 atom stereocenters. The van der Waals surface area contributed by atoms with Gasteiger partial charge in [0.25, 0.3) is 0 Å². The Balaban J connectivity index is 2.23. The number of rotatable bonds is 0. The van der Waals surface area contributed by atoms with E-state index in [2.05, 4.69) is 37.4 Å². The highest BCUT2D eigenvalue weighted by Gasteiger charge is 2.14. The molecule has 1 aliphatic heterocycles. The van der Waals surface area contributed by atoms with Crippen LogP contribution in [0.15, 0.2) is 0 Å². The molecule has 0 aromatic rings. The summed E-state index contributed by atoms with van der Waals surface area (Å²) in [7, 11) is 0. The summed E-state index contributed by atoms with van der Waals surface area (Å²) >= 11 is 4.17. The van der Waals surface area contributed by atoms with E-state index in [1.807, 2.05) is 0 Å². The first-order valence-electron chi connectivity index (χ1n) is 3.02. The molecule has 0 nitrogen and oxygen atoms in total. The van der Waals surface area contributed by atoms with Gasteiger partial charge in [0.15, 0.2) is 0 Å². The molecule has 1 rings (SSSR count). The van der Waals surface area contributed by atoms with Crippen LogP contribution in [-0.2, 0) is 0 Å². The van der Waals surface area contributed by atoms with E-state index in [1.54, 1.807) is 0 Å². The van der Waals surface area contributed by atoms with Crippen LogP contribution in [0, 0.1) is 0 Å². The maximum absolute atomic E-state index is 2.32. The van der Waals surface area contributed by atoms with Crippen molar-refractivity contribution in [3.63, 3.8) is 0 Å². The van der Waals surface area contributed by atoms with Gasteiger partial charge in [0.1, 0.15) is 0 Å². The summed E-state index contributed by atoms with van der Waals surface area (Å²) in [5, 5.41) is 3.12. The molecular formula is C6H12S2. The summed E-state index contributed by atoms with van der Waals surface area (Å²) in [5.41, 5.74) is 0. The summed E-state index contributed by atoms with van der Waals surface area (Å²) < 4.78 is 0. The lowest BCUT2D eigenvalue weighted by Gasteiger charge is -2.22. The molecule has 0 unspecified atom stereocenters. The number of hydrogen-bond donors (Lipinski definition) is 0. The first-order valence-corrected chi connectivity index (χ1v) is 5.12. The molecule has 1 fully saturated rings. The van der Waals surface area contributed by atoms with Gasteiger partial charge in [-0.25, -0.2) is 0 Å². The zero-order valence-corrected chi connectivity index (χ0v) is 7.02. The predicted octanol–water partition coefficient (Wildman–Crippen LogP) is 2.59. The molecule has 0 radical (unpaired) electrons. The minimum absolute atomic E-state index is 0.909. The van der Waals surface area contributed by atoms with Gasteiger partial charge in [-0.2, -0.15) is 0 Å². The third kappa shape index (κ3) is 1.90. The second kappa shape index (κ2) is 3.02. The normalized spacial score (nSPS) is 39.8. The Labute approximate surface area is 59.8 Å². The van der Waals surface area contributed by atoms with E-state index in [-0.39, 0.29) is 0 Å². The fourth-order valence-corrected chi connectivity index (χ4v) is 4.02. The number of thioether (sulfide) groups is 2. The van der Waals surface area contributed by atoms with Crippen LogP contribution in [0.5, 0.6) is 0 Å². The van der Waals surface area contributed by atoms with Crippen molar-refractivity contribution in [1.29, 1.82) is 0 Å². The van der Waals surface area contributed by atoms with Crippen LogP contribution in [0.2, 0.25) is 0 Å². The Kier molecular flexibility index (Phi) is 2.57. The van der Waals surface area contributed by atoms with Crippen LogP contribution in [-0.4, -0.2) is 15.6 Å². The highest BCUT2D eigenvalue weighted by Crippen LogP contribution is 2.32. The average molecular weight is 148 g/mol. The van der Waals surface area contributed by atoms with Gasteiger partial charge < -0.3 is 0 Å². The largest absolute Gasteiger partial charge is 0.148 e. The van der Waals surface area contributed by atoms with Crippen molar-refractivity contribution >= 4 is 23.5 Å². The van der Waals surface area contributed by atoms with Crippen molar-refractivity contribution in [1.82, 2.24) is 0 Å². The van der Waals surface area contributed by atoms with Crippen molar-refractivity contribution in [3.05, 3.63) is 0 Å². The fourth-order valence-electron chi connectivity index (χ4n) is 0.875. The summed E-state index contributed by atoms with van der Waals surface area (Å²) in [4.78, 5) is 0. The quantitative estimate of drug-likeness (QED) is 0.518. The first kappa shape index (κ1) is 6.81. The van der Waals surface area contributed by atoms with E-state index in [0.29, 0.717) is 0 Å². The Morgan fingerprint density at radius 2 is 1.62 bits per heavy atom. The zero-order chi connectivity index (χ0) is 5.98. The van der Waals surface area contributed by atoms with Crippen LogP contribution < -0.4 is 0 Å². The molecule has 0 bridgehead atoms. The molecule has 8 heavy (non-hydrogen) atoms. The lowest BCUT2D eigenvalue weighted by atomic mass is 10.3. The average Bonchev–Trinajstić information content (AvgIpc) is 1.64. The standard InChI is InChI=1S/C6H12S2/c1-5-3-6(2)8-4-7-5/h5-6H,3-4H2,1-2H3/t5-,6+. The molecule has 48 valence electrons. The maximum Gasteiger partial charge on any atom is 0.0397 e. The molecule has 0 aliphatic carbocycles. The minimum atomic E-state index is 0.909. The molecule has 0 amide bonds. The molecule has 1 aliphatic rings. The van der Waals surface area contributed by atoms with E-state index in [4.69, 9.17) is 0 Å². The monoisotopic (exact) mass is 148 g/mol. The van der Waals surface area contributed by atoms with Crippen LogP contribution >= 0.6 is 23.5 Å². The second-order valence-electron chi connectivity index (χ2n) is 2.31. The van der Waals surface area contributed by atoms with Crippen molar-refractivity contribution in [2.45, 2.75) is 30.8 Å².